The Balaban J connectivity index is 2.74. The Morgan fingerprint density at radius 3 is 2.79 bits per heavy atom. The van der Waals surface area contributed by atoms with E-state index in [1.54, 1.807) is 0 Å². The summed E-state index contributed by atoms with van der Waals surface area (Å²) in [6.07, 6.45) is 1.45. The molecule has 0 bridgehead atoms. The molecular formula is C16H22N2O. The summed E-state index contributed by atoms with van der Waals surface area (Å²) in [6.45, 7) is 6.53. The summed E-state index contributed by atoms with van der Waals surface area (Å²) in [6, 6.07) is 5.78. The van der Waals surface area contributed by atoms with Crippen LogP contribution >= 0.6 is 0 Å². The molecule has 0 atom stereocenters. The van der Waals surface area contributed by atoms with E-state index in [9.17, 15) is 4.79 Å². The van der Waals surface area contributed by atoms with Gasteiger partial charge in [-0.15, -0.1) is 0 Å². The normalized spacial score (nSPS) is 9.95. The van der Waals surface area contributed by atoms with Crippen molar-refractivity contribution in [3.63, 3.8) is 0 Å². The van der Waals surface area contributed by atoms with Crippen LogP contribution in [0.4, 0.5) is 5.69 Å². The molecule has 19 heavy (non-hydrogen) atoms. The fourth-order valence-corrected chi connectivity index (χ4v) is 1.62. The first-order chi connectivity index (χ1) is 9.02. The highest BCUT2D eigenvalue weighted by molar-refractivity contribution is 5.91. The Labute approximate surface area is 115 Å². The van der Waals surface area contributed by atoms with Gasteiger partial charge >= 0.3 is 0 Å². The summed E-state index contributed by atoms with van der Waals surface area (Å²) in [5.74, 6) is 6.37. The second-order valence-corrected chi connectivity index (χ2v) is 5.02. The van der Waals surface area contributed by atoms with Crippen LogP contribution in [0.15, 0.2) is 18.2 Å². The van der Waals surface area contributed by atoms with Crippen LogP contribution in [-0.2, 0) is 4.79 Å². The van der Waals surface area contributed by atoms with Crippen molar-refractivity contribution in [1.29, 1.82) is 0 Å². The molecule has 3 nitrogen and oxygen atoms in total. The monoisotopic (exact) mass is 258 g/mol. The molecule has 0 fully saturated rings. The SMILES string of the molecule is Cc1ccc(C#CCN)cc1NC(=O)CCC(C)C. The average molecular weight is 258 g/mol. The summed E-state index contributed by atoms with van der Waals surface area (Å²) < 4.78 is 0. The van der Waals surface area contributed by atoms with Gasteiger partial charge in [0.05, 0.1) is 6.54 Å². The summed E-state index contributed by atoms with van der Waals surface area (Å²) in [5, 5.41) is 2.94. The number of benzene rings is 1. The van der Waals surface area contributed by atoms with Gasteiger partial charge in [0.2, 0.25) is 5.91 Å². The van der Waals surface area contributed by atoms with Gasteiger partial charge in [0.15, 0.2) is 0 Å². The van der Waals surface area contributed by atoms with Crippen molar-refractivity contribution in [2.24, 2.45) is 11.7 Å². The molecular weight excluding hydrogens is 236 g/mol. The fourth-order valence-electron chi connectivity index (χ4n) is 1.62. The van der Waals surface area contributed by atoms with Crippen LogP contribution in [0.3, 0.4) is 0 Å². The van der Waals surface area contributed by atoms with Crippen molar-refractivity contribution >= 4 is 11.6 Å². The molecule has 0 spiro atoms. The number of rotatable bonds is 4. The van der Waals surface area contributed by atoms with Crippen molar-refractivity contribution in [2.75, 3.05) is 11.9 Å². The highest BCUT2D eigenvalue weighted by atomic mass is 16.1. The number of nitrogens with one attached hydrogen (secondary N) is 1. The van der Waals surface area contributed by atoms with Gasteiger partial charge in [-0.2, -0.15) is 0 Å². The maximum Gasteiger partial charge on any atom is 0.224 e. The standard InChI is InChI=1S/C16H22N2O/c1-12(2)6-9-16(19)18-15-11-14(5-4-10-17)8-7-13(15)3/h7-8,11-12H,6,9-10,17H2,1-3H3,(H,18,19). The van der Waals surface area contributed by atoms with E-state index in [2.05, 4.69) is 31.0 Å². The zero-order chi connectivity index (χ0) is 14.3. The molecule has 3 N–H and O–H groups in total. The Hall–Kier alpha value is -1.79. The summed E-state index contributed by atoms with van der Waals surface area (Å²) in [5.41, 5.74) is 8.09. The smallest absolute Gasteiger partial charge is 0.224 e. The Kier molecular flexibility index (Phi) is 6.11. The van der Waals surface area contributed by atoms with Crippen LogP contribution in [0.5, 0.6) is 0 Å². The Morgan fingerprint density at radius 2 is 2.16 bits per heavy atom. The number of hydrogen-bond donors (Lipinski definition) is 2. The number of anilines is 1. The summed E-state index contributed by atoms with van der Waals surface area (Å²) in [7, 11) is 0. The fraction of sp³-hybridized carbons (Fsp3) is 0.438. The van der Waals surface area contributed by atoms with Gasteiger partial charge in [0.1, 0.15) is 0 Å². The van der Waals surface area contributed by atoms with E-state index >= 15 is 0 Å². The van der Waals surface area contributed by atoms with Crippen molar-refractivity contribution in [1.82, 2.24) is 0 Å². The maximum atomic E-state index is 11.8. The van der Waals surface area contributed by atoms with Crippen LogP contribution in [0.2, 0.25) is 0 Å². The lowest BCUT2D eigenvalue weighted by Crippen LogP contribution is -2.13. The first-order valence-corrected chi connectivity index (χ1v) is 6.62. The van der Waals surface area contributed by atoms with Gasteiger partial charge < -0.3 is 11.1 Å². The predicted octanol–water partition coefficient (Wildman–Crippen LogP) is 2.68. The molecule has 102 valence electrons. The molecule has 0 aromatic heterocycles. The summed E-state index contributed by atoms with van der Waals surface area (Å²) in [4.78, 5) is 11.8. The van der Waals surface area contributed by atoms with E-state index in [4.69, 9.17) is 5.73 Å². The summed E-state index contributed by atoms with van der Waals surface area (Å²) >= 11 is 0. The molecule has 0 saturated heterocycles. The van der Waals surface area contributed by atoms with Gasteiger partial charge in [0.25, 0.3) is 0 Å². The van der Waals surface area contributed by atoms with Crippen LogP contribution in [0, 0.1) is 24.7 Å². The van der Waals surface area contributed by atoms with E-state index in [0.29, 0.717) is 18.9 Å². The third kappa shape index (κ3) is 5.58. The van der Waals surface area contributed by atoms with Crippen molar-refractivity contribution in [3.8, 4) is 11.8 Å². The number of carbonyl (C=O) groups excluding carboxylic acids is 1. The second kappa shape index (κ2) is 7.60. The molecule has 0 saturated carbocycles. The lowest BCUT2D eigenvalue weighted by Gasteiger charge is -2.10. The minimum atomic E-state index is 0.0562. The van der Waals surface area contributed by atoms with Gasteiger partial charge in [-0.25, -0.2) is 0 Å². The number of amides is 1. The Morgan fingerprint density at radius 1 is 1.42 bits per heavy atom. The lowest BCUT2D eigenvalue weighted by atomic mass is 10.1. The lowest BCUT2D eigenvalue weighted by molar-refractivity contribution is -0.116. The van der Waals surface area contributed by atoms with Gasteiger partial charge in [-0.3, -0.25) is 4.79 Å². The molecule has 1 amide bonds. The maximum absolute atomic E-state index is 11.8. The van der Waals surface area contributed by atoms with Gasteiger partial charge in [-0.05, 0) is 37.0 Å². The van der Waals surface area contributed by atoms with Crippen molar-refractivity contribution < 1.29 is 4.79 Å². The third-order valence-electron chi connectivity index (χ3n) is 2.80. The molecule has 3 heteroatoms. The van der Waals surface area contributed by atoms with E-state index in [1.807, 2.05) is 25.1 Å². The molecule has 0 heterocycles. The highest BCUT2D eigenvalue weighted by Crippen LogP contribution is 2.17. The van der Waals surface area contributed by atoms with E-state index in [0.717, 1.165) is 23.2 Å². The third-order valence-corrected chi connectivity index (χ3v) is 2.80. The molecule has 0 aliphatic rings. The van der Waals surface area contributed by atoms with Gasteiger partial charge in [-0.1, -0.05) is 31.8 Å². The van der Waals surface area contributed by atoms with Crippen LogP contribution in [0.1, 0.15) is 37.8 Å². The molecule has 0 radical (unpaired) electrons. The van der Waals surface area contributed by atoms with Crippen LogP contribution in [-0.4, -0.2) is 12.5 Å². The zero-order valence-corrected chi connectivity index (χ0v) is 11.9. The Bertz CT molecular complexity index is 495. The van der Waals surface area contributed by atoms with E-state index < -0.39 is 0 Å². The molecule has 0 unspecified atom stereocenters. The molecule has 1 aromatic carbocycles. The molecule has 0 aliphatic heterocycles. The first kappa shape index (κ1) is 15.3. The van der Waals surface area contributed by atoms with E-state index in [-0.39, 0.29) is 5.91 Å². The number of aryl methyl sites for hydroxylation is 1. The topological polar surface area (TPSA) is 55.1 Å². The minimum absolute atomic E-state index is 0.0562. The second-order valence-electron chi connectivity index (χ2n) is 5.02. The van der Waals surface area contributed by atoms with Crippen molar-refractivity contribution in [3.05, 3.63) is 29.3 Å². The number of carbonyl (C=O) groups is 1. The zero-order valence-electron chi connectivity index (χ0n) is 11.9. The van der Waals surface area contributed by atoms with Gasteiger partial charge in [0, 0.05) is 17.7 Å². The minimum Gasteiger partial charge on any atom is -0.326 e. The van der Waals surface area contributed by atoms with Crippen molar-refractivity contribution in [2.45, 2.75) is 33.6 Å². The predicted molar refractivity (Wildman–Crippen MR) is 79.8 cm³/mol. The molecule has 0 aliphatic carbocycles. The quantitative estimate of drug-likeness (QED) is 0.816. The van der Waals surface area contributed by atoms with Crippen LogP contribution < -0.4 is 11.1 Å². The van der Waals surface area contributed by atoms with E-state index in [1.165, 1.54) is 0 Å². The number of hydrogen-bond acceptors (Lipinski definition) is 2. The highest BCUT2D eigenvalue weighted by Gasteiger charge is 2.06. The molecule has 1 aromatic rings. The molecule has 1 rings (SSSR count). The average Bonchev–Trinajstić information content (AvgIpc) is 2.37. The van der Waals surface area contributed by atoms with Crippen LogP contribution in [0.25, 0.3) is 0 Å². The largest absolute Gasteiger partial charge is 0.326 e. The number of nitrogens with two attached hydrogens (primary N) is 1. The first-order valence-electron chi connectivity index (χ1n) is 6.62.